The van der Waals surface area contributed by atoms with Gasteiger partial charge < -0.3 is 14.5 Å². The summed E-state index contributed by atoms with van der Waals surface area (Å²) in [6.45, 7) is 3.59. The van der Waals surface area contributed by atoms with Crippen LogP contribution in [0.3, 0.4) is 0 Å². The lowest BCUT2D eigenvalue weighted by molar-refractivity contribution is -0.383. The first-order chi connectivity index (χ1) is 13.4. The molecule has 0 N–H and O–H groups in total. The van der Waals surface area contributed by atoms with Gasteiger partial charge in [-0.3, -0.25) is 10.1 Å². The summed E-state index contributed by atoms with van der Waals surface area (Å²) in [7, 11) is 2.93. The molecule has 3 rings (SSSR count). The molecular weight excluding hydrogens is 362 g/mol. The van der Waals surface area contributed by atoms with Gasteiger partial charge in [-0.2, -0.15) is 0 Å². The van der Waals surface area contributed by atoms with Gasteiger partial charge in [0.05, 0.1) is 23.3 Å². The van der Waals surface area contributed by atoms with Crippen molar-refractivity contribution in [2.75, 3.05) is 37.0 Å². The molecule has 0 amide bonds. The van der Waals surface area contributed by atoms with E-state index >= 15 is 0 Å². The van der Waals surface area contributed by atoms with Gasteiger partial charge in [-0.05, 0) is 30.9 Å². The van der Waals surface area contributed by atoms with Crippen LogP contribution in [0.1, 0.15) is 30.1 Å². The van der Waals surface area contributed by atoms with Crippen LogP contribution in [0, 0.1) is 16.0 Å². The van der Waals surface area contributed by atoms with E-state index in [-0.39, 0.29) is 11.5 Å². The van der Waals surface area contributed by atoms with E-state index in [1.54, 1.807) is 31.3 Å². The van der Waals surface area contributed by atoms with E-state index < -0.39 is 10.9 Å². The zero-order valence-corrected chi connectivity index (χ0v) is 16.2. The maximum atomic E-state index is 12.1. The van der Waals surface area contributed by atoms with Gasteiger partial charge in [0.15, 0.2) is 0 Å². The Kier molecular flexibility index (Phi) is 5.72. The number of ether oxygens (including phenoxy) is 1. The molecule has 28 heavy (non-hydrogen) atoms. The van der Waals surface area contributed by atoms with Crippen molar-refractivity contribution in [3.8, 4) is 0 Å². The lowest BCUT2D eigenvalue weighted by Gasteiger charge is -2.31. The van der Waals surface area contributed by atoms with Crippen LogP contribution in [0.4, 0.5) is 23.0 Å². The van der Waals surface area contributed by atoms with Crippen LogP contribution >= 0.6 is 0 Å². The van der Waals surface area contributed by atoms with Crippen molar-refractivity contribution in [3.63, 3.8) is 0 Å². The molecule has 148 valence electrons. The molecule has 0 unspecified atom stereocenters. The van der Waals surface area contributed by atoms with Crippen LogP contribution < -0.4 is 9.80 Å². The summed E-state index contributed by atoms with van der Waals surface area (Å²) < 4.78 is 4.83. The minimum atomic E-state index is -0.524. The van der Waals surface area contributed by atoms with Gasteiger partial charge in [0.2, 0.25) is 11.6 Å². The van der Waals surface area contributed by atoms with Crippen molar-refractivity contribution in [1.29, 1.82) is 0 Å². The number of rotatable bonds is 5. The second kappa shape index (κ2) is 8.20. The molecule has 2 aromatic rings. The number of aromatic nitrogens is 2. The Bertz CT molecular complexity index is 880. The monoisotopic (exact) mass is 385 g/mol. The third-order valence-corrected chi connectivity index (χ3v) is 5.04. The highest BCUT2D eigenvalue weighted by Gasteiger charge is 2.31. The Morgan fingerprint density at radius 3 is 2.61 bits per heavy atom. The quantitative estimate of drug-likeness (QED) is 0.439. The molecule has 0 saturated carbocycles. The van der Waals surface area contributed by atoms with E-state index in [2.05, 4.69) is 16.9 Å². The molecule has 1 aliphatic heterocycles. The Hall–Kier alpha value is -3.23. The molecule has 0 spiro atoms. The fraction of sp³-hybridized carbons (Fsp3) is 0.421. The van der Waals surface area contributed by atoms with Crippen molar-refractivity contribution < 1.29 is 14.5 Å². The van der Waals surface area contributed by atoms with Crippen molar-refractivity contribution in [2.45, 2.75) is 19.8 Å². The number of hydrogen-bond acceptors (Lipinski definition) is 8. The smallest absolute Gasteiger partial charge is 0.353 e. The summed E-state index contributed by atoms with van der Waals surface area (Å²) in [6.07, 6.45) is 3.24. The standard InChI is InChI=1S/C19H23N5O4/c1-13-8-10-23(11-9-13)18-16(24(26)27)17(20-12-21-18)22(2)15-7-5-4-6-14(15)19(25)28-3/h4-7,12-13H,8-11H2,1-3H3. The molecule has 0 radical (unpaired) electrons. The Morgan fingerprint density at radius 1 is 1.29 bits per heavy atom. The van der Waals surface area contributed by atoms with Crippen molar-refractivity contribution >= 4 is 29.0 Å². The zero-order chi connectivity index (χ0) is 20.3. The number of piperidine rings is 1. The van der Waals surface area contributed by atoms with Crippen LogP contribution in [0.5, 0.6) is 0 Å². The van der Waals surface area contributed by atoms with Crippen LogP contribution in [0.2, 0.25) is 0 Å². The number of nitrogens with zero attached hydrogens (tertiary/aromatic N) is 5. The summed E-state index contributed by atoms with van der Waals surface area (Å²) >= 11 is 0. The second-order valence-electron chi connectivity index (χ2n) is 6.86. The number of nitro groups is 1. The normalized spacial score (nSPS) is 14.6. The first-order valence-corrected chi connectivity index (χ1v) is 9.09. The first-order valence-electron chi connectivity index (χ1n) is 9.09. The molecule has 1 aliphatic rings. The minimum Gasteiger partial charge on any atom is -0.465 e. The number of para-hydroxylation sites is 1. The molecule has 0 bridgehead atoms. The zero-order valence-electron chi connectivity index (χ0n) is 16.2. The van der Waals surface area contributed by atoms with Crippen LogP contribution in [-0.4, -0.2) is 48.1 Å². The predicted octanol–water partition coefficient (Wildman–Crippen LogP) is 3.18. The summed E-state index contributed by atoms with van der Waals surface area (Å²) in [5.41, 5.74) is 0.599. The minimum absolute atomic E-state index is 0.130. The van der Waals surface area contributed by atoms with Crippen molar-refractivity contribution in [1.82, 2.24) is 9.97 Å². The lowest BCUT2D eigenvalue weighted by atomic mass is 9.99. The topological polar surface area (TPSA) is 102 Å². The SMILES string of the molecule is COC(=O)c1ccccc1N(C)c1ncnc(N2CCC(C)CC2)c1[N+](=O)[O-]. The van der Waals surface area contributed by atoms with E-state index in [0.29, 0.717) is 36.1 Å². The molecule has 1 aromatic carbocycles. The summed E-state index contributed by atoms with van der Waals surface area (Å²) in [5.74, 6) is 0.505. The van der Waals surface area contributed by atoms with Gasteiger partial charge in [-0.1, -0.05) is 19.1 Å². The number of anilines is 3. The number of esters is 1. The van der Waals surface area contributed by atoms with Crippen LogP contribution in [-0.2, 0) is 4.74 Å². The first kappa shape index (κ1) is 19.5. The van der Waals surface area contributed by atoms with Crippen LogP contribution in [0.15, 0.2) is 30.6 Å². The van der Waals surface area contributed by atoms with Gasteiger partial charge in [0, 0.05) is 20.1 Å². The highest BCUT2D eigenvalue weighted by atomic mass is 16.6. The third kappa shape index (κ3) is 3.73. The van der Waals surface area contributed by atoms with Crippen LogP contribution in [0.25, 0.3) is 0 Å². The molecule has 1 saturated heterocycles. The third-order valence-electron chi connectivity index (χ3n) is 5.04. The van der Waals surface area contributed by atoms with Gasteiger partial charge in [-0.15, -0.1) is 0 Å². The fourth-order valence-corrected chi connectivity index (χ4v) is 3.38. The highest BCUT2D eigenvalue weighted by Crippen LogP contribution is 2.38. The van der Waals surface area contributed by atoms with Crippen molar-refractivity contribution in [3.05, 3.63) is 46.3 Å². The number of methoxy groups -OCH3 is 1. The summed E-state index contributed by atoms with van der Waals surface area (Å²) in [6, 6.07) is 6.76. The van der Waals surface area contributed by atoms with Gasteiger partial charge in [0.25, 0.3) is 0 Å². The van der Waals surface area contributed by atoms with E-state index in [1.165, 1.54) is 18.3 Å². The molecule has 1 aromatic heterocycles. The average Bonchev–Trinajstić information content (AvgIpc) is 2.72. The van der Waals surface area contributed by atoms with E-state index in [4.69, 9.17) is 4.74 Å². The van der Waals surface area contributed by atoms with E-state index in [1.807, 2.05) is 4.90 Å². The van der Waals surface area contributed by atoms with Gasteiger partial charge >= 0.3 is 11.7 Å². The van der Waals surface area contributed by atoms with Gasteiger partial charge in [-0.25, -0.2) is 14.8 Å². The number of hydrogen-bond donors (Lipinski definition) is 0. The molecule has 2 heterocycles. The maximum Gasteiger partial charge on any atom is 0.353 e. The predicted molar refractivity (Wildman–Crippen MR) is 105 cm³/mol. The maximum absolute atomic E-state index is 12.1. The number of benzene rings is 1. The Balaban J connectivity index is 2.06. The van der Waals surface area contributed by atoms with E-state index in [0.717, 1.165) is 12.8 Å². The van der Waals surface area contributed by atoms with Gasteiger partial charge in [0.1, 0.15) is 6.33 Å². The van der Waals surface area contributed by atoms with E-state index in [9.17, 15) is 14.9 Å². The second-order valence-corrected chi connectivity index (χ2v) is 6.86. The largest absolute Gasteiger partial charge is 0.465 e. The fourth-order valence-electron chi connectivity index (χ4n) is 3.38. The Morgan fingerprint density at radius 2 is 1.96 bits per heavy atom. The Labute approximate surface area is 163 Å². The molecular formula is C19H23N5O4. The summed E-state index contributed by atoms with van der Waals surface area (Å²) in [4.78, 5) is 35.4. The van der Waals surface area contributed by atoms with Crippen molar-refractivity contribution in [2.24, 2.45) is 5.92 Å². The molecule has 1 fully saturated rings. The number of carbonyl (C=O) groups excluding carboxylic acids is 1. The average molecular weight is 385 g/mol. The molecule has 0 atom stereocenters. The molecule has 0 aliphatic carbocycles. The number of carbonyl (C=O) groups is 1. The molecule has 9 heteroatoms. The lowest BCUT2D eigenvalue weighted by Crippen LogP contribution is -2.34. The highest BCUT2D eigenvalue weighted by molar-refractivity contribution is 5.97. The summed E-state index contributed by atoms with van der Waals surface area (Å²) in [5, 5.41) is 11.9. The molecule has 9 nitrogen and oxygen atoms in total.